The largest absolute Gasteiger partial charge is 0.497 e. The van der Waals surface area contributed by atoms with Gasteiger partial charge in [-0.2, -0.15) is 0 Å². The highest BCUT2D eigenvalue weighted by molar-refractivity contribution is 5.83. The number of fused-ring (bicyclic) bond motifs is 1. The lowest BCUT2D eigenvalue weighted by molar-refractivity contribution is -0.146. The van der Waals surface area contributed by atoms with Crippen molar-refractivity contribution in [3.05, 3.63) is 65.9 Å². The number of likely N-dealkylation sites (tertiary alicyclic amines) is 1. The minimum atomic E-state index is -1.21. The molecule has 3 aromatic rings. The van der Waals surface area contributed by atoms with Crippen LogP contribution in [0.3, 0.4) is 0 Å². The second-order valence-electron chi connectivity index (χ2n) is 9.06. The van der Waals surface area contributed by atoms with Crippen LogP contribution in [0.4, 0.5) is 4.39 Å². The lowest BCUT2D eigenvalue weighted by Gasteiger charge is -2.35. The Morgan fingerprint density at radius 2 is 2.06 bits per heavy atom. The number of carbonyl (C=O) groups is 1. The van der Waals surface area contributed by atoms with Crippen molar-refractivity contribution >= 4 is 16.9 Å². The molecule has 2 heterocycles. The highest BCUT2D eigenvalue weighted by Crippen LogP contribution is 2.35. The maximum Gasteiger partial charge on any atom is 0.308 e. The van der Waals surface area contributed by atoms with Crippen molar-refractivity contribution < 1.29 is 23.8 Å². The first-order valence-electron chi connectivity index (χ1n) is 12.1. The van der Waals surface area contributed by atoms with Crippen molar-refractivity contribution in [2.75, 3.05) is 33.9 Å². The number of alkyl halides is 1. The van der Waals surface area contributed by atoms with Gasteiger partial charge < -0.3 is 14.6 Å². The Balaban J connectivity index is 1.38. The SMILES string of the molecule is COc1ccc2nccc(C(F)CC[C@@H]3CCN(CC#Cc4ccccc4OC)C[C@@H]3C(=O)O)c2c1. The number of piperidine rings is 1. The van der Waals surface area contributed by atoms with Crippen LogP contribution < -0.4 is 9.47 Å². The molecule has 0 aliphatic carbocycles. The predicted octanol–water partition coefficient (Wildman–Crippen LogP) is 5.12. The minimum absolute atomic E-state index is 0.0817. The second kappa shape index (κ2) is 11.9. The van der Waals surface area contributed by atoms with Gasteiger partial charge >= 0.3 is 5.97 Å². The first kappa shape index (κ1) is 25.5. The summed E-state index contributed by atoms with van der Waals surface area (Å²) in [6.07, 6.45) is 1.87. The fourth-order valence-corrected chi connectivity index (χ4v) is 4.89. The zero-order valence-electron chi connectivity index (χ0n) is 20.6. The van der Waals surface area contributed by atoms with Crippen molar-refractivity contribution in [3.63, 3.8) is 0 Å². The molecule has 4 rings (SSSR count). The van der Waals surface area contributed by atoms with E-state index in [1.54, 1.807) is 38.6 Å². The molecule has 0 spiro atoms. The molecule has 6 nitrogen and oxygen atoms in total. The van der Waals surface area contributed by atoms with E-state index in [0.29, 0.717) is 48.5 Å². The van der Waals surface area contributed by atoms with E-state index < -0.39 is 18.1 Å². The fraction of sp³-hybridized carbons (Fsp3) is 0.379. The van der Waals surface area contributed by atoms with Gasteiger partial charge in [-0.25, -0.2) is 4.39 Å². The molecule has 0 radical (unpaired) electrons. The van der Waals surface area contributed by atoms with Crippen molar-refractivity contribution in [1.82, 2.24) is 9.88 Å². The summed E-state index contributed by atoms with van der Waals surface area (Å²) >= 11 is 0. The molecular weight excluding hydrogens is 459 g/mol. The van der Waals surface area contributed by atoms with Crippen LogP contribution in [0.5, 0.6) is 11.5 Å². The third-order valence-corrected chi connectivity index (χ3v) is 6.90. The summed E-state index contributed by atoms with van der Waals surface area (Å²) < 4.78 is 26.0. The van der Waals surface area contributed by atoms with Gasteiger partial charge in [0.2, 0.25) is 0 Å². The Labute approximate surface area is 211 Å². The Morgan fingerprint density at radius 1 is 1.22 bits per heavy atom. The van der Waals surface area contributed by atoms with Crippen LogP contribution in [0.15, 0.2) is 54.7 Å². The third kappa shape index (κ3) is 5.95. The number of ether oxygens (including phenoxy) is 2. The van der Waals surface area contributed by atoms with E-state index in [2.05, 4.69) is 21.7 Å². The van der Waals surface area contributed by atoms with Crippen molar-refractivity contribution in [3.8, 4) is 23.3 Å². The van der Waals surface area contributed by atoms with E-state index in [4.69, 9.17) is 9.47 Å². The first-order chi connectivity index (χ1) is 17.5. The average molecular weight is 491 g/mol. The molecule has 3 atom stereocenters. The number of pyridine rings is 1. The summed E-state index contributed by atoms with van der Waals surface area (Å²) in [7, 11) is 3.19. The molecule has 1 fully saturated rings. The summed E-state index contributed by atoms with van der Waals surface area (Å²) in [6.45, 7) is 1.62. The number of hydrogen-bond acceptors (Lipinski definition) is 5. The zero-order chi connectivity index (χ0) is 25.5. The van der Waals surface area contributed by atoms with Crippen molar-refractivity contribution in [2.24, 2.45) is 11.8 Å². The van der Waals surface area contributed by atoms with Crippen molar-refractivity contribution in [2.45, 2.75) is 25.4 Å². The van der Waals surface area contributed by atoms with Gasteiger partial charge in [-0.15, -0.1) is 0 Å². The average Bonchev–Trinajstić information content (AvgIpc) is 2.91. The number of carboxylic acid groups (broad SMARTS) is 1. The number of halogens is 1. The molecule has 0 saturated carbocycles. The standard InChI is InChI=1S/C29H31FN2O4/c1-35-22-10-12-27-24(18-22)23(13-15-31-27)26(30)11-9-20-14-17-32(19-25(20)29(33)34)16-5-7-21-6-3-4-8-28(21)36-2/h3-4,6,8,10,12-13,15,18,20,25-26H,9,11,14,16-17,19H2,1-2H3,(H,33,34)/t20-,25+,26?/m1/s1. The fourth-order valence-electron chi connectivity index (χ4n) is 4.89. The monoisotopic (exact) mass is 490 g/mol. The molecule has 1 aliphatic rings. The quantitative estimate of drug-likeness (QED) is 0.442. The van der Waals surface area contributed by atoms with Gasteiger partial charge in [0.25, 0.3) is 0 Å². The van der Waals surface area contributed by atoms with Crippen molar-refractivity contribution in [1.29, 1.82) is 0 Å². The molecule has 1 saturated heterocycles. The first-order valence-corrected chi connectivity index (χ1v) is 12.1. The van der Waals surface area contributed by atoms with Gasteiger partial charge in [0.15, 0.2) is 0 Å². The third-order valence-electron chi connectivity index (χ3n) is 6.90. The minimum Gasteiger partial charge on any atom is -0.497 e. The van der Waals surface area contributed by atoms with Crippen LogP contribution in [0.25, 0.3) is 10.9 Å². The lowest BCUT2D eigenvalue weighted by atomic mass is 9.81. The van der Waals surface area contributed by atoms with Gasteiger partial charge in [0, 0.05) is 18.1 Å². The number of nitrogens with zero attached hydrogens (tertiary/aromatic N) is 2. The number of hydrogen-bond donors (Lipinski definition) is 1. The molecule has 0 bridgehead atoms. The summed E-state index contributed by atoms with van der Waals surface area (Å²) in [5, 5.41) is 10.6. The summed E-state index contributed by atoms with van der Waals surface area (Å²) in [4.78, 5) is 18.4. The topological polar surface area (TPSA) is 71.9 Å². The van der Waals surface area contributed by atoms with E-state index in [1.807, 2.05) is 30.3 Å². The molecule has 7 heteroatoms. The molecule has 1 N–H and O–H groups in total. The molecule has 2 aromatic carbocycles. The Bertz CT molecular complexity index is 1270. The van der Waals surface area contributed by atoms with E-state index in [-0.39, 0.29) is 12.3 Å². The number of para-hydroxylation sites is 1. The number of aromatic nitrogens is 1. The Morgan fingerprint density at radius 3 is 2.83 bits per heavy atom. The van der Waals surface area contributed by atoms with Crippen LogP contribution in [-0.4, -0.2) is 54.8 Å². The van der Waals surface area contributed by atoms with E-state index >= 15 is 4.39 Å². The second-order valence-corrected chi connectivity index (χ2v) is 9.06. The van der Waals surface area contributed by atoms with Gasteiger partial charge in [0.1, 0.15) is 17.7 Å². The molecule has 36 heavy (non-hydrogen) atoms. The highest BCUT2D eigenvalue weighted by atomic mass is 19.1. The highest BCUT2D eigenvalue weighted by Gasteiger charge is 2.34. The smallest absolute Gasteiger partial charge is 0.308 e. The normalized spacial score (nSPS) is 18.8. The van der Waals surface area contributed by atoms with Crippen LogP contribution >= 0.6 is 0 Å². The number of aliphatic carboxylic acids is 1. The lowest BCUT2D eigenvalue weighted by Crippen LogP contribution is -2.44. The Kier molecular flexibility index (Phi) is 8.40. The summed E-state index contributed by atoms with van der Waals surface area (Å²) in [5.74, 6) is 6.16. The summed E-state index contributed by atoms with van der Waals surface area (Å²) in [5.41, 5.74) is 2.08. The van der Waals surface area contributed by atoms with Crippen LogP contribution in [0.2, 0.25) is 0 Å². The number of rotatable bonds is 8. The molecular formula is C29H31FN2O4. The number of benzene rings is 2. The zero-order valence-corrected chi connectivity index (χ0v) is 20.6. The molecule has 1 aliphatic heterocycles. The van der Waals surface area contributed by atoms with Gasteiger partial charge in [-0.05, 0) is 73.7 Å². The van der Waals surface area contributed by atoms with E-state index in [1.165, 1.54) is 0 Å². The number of methoxy groups -OCH3 is 2. The van der Waals surface area contributed by atoms with Crippen LogP contribution in [0.1, 0.15) is 36.6 Å². The molecule has 1 aromatic heterocycles. The van der Waals surface area contributed by atoms with Crippen LogP contribution in [0, 0.1) is 23.7 Å². The molecule has 1 unspecified atom stereocenters. The Hall–Kier alpha value is -3.63. The van der Waals surface area contributed by atoms with Crippen LogP contribution in [-0.2, 0) is 4.79 Å². The predicted molar refractivity (Wildman–Crippen MR) is 137 cm³/mol. The van der Waals surface area contributed by atoms with Gasteiger partial charge in [-0.3, -0.25) is 14.7 Å². The maximum atomic E-state index is 15.4. The maximum absolute atomic E-state index is 15.4. The molecule has 188 valence electrons. The number of carboxylic acids is 1. The van der Waals surface area contributed by atoms with Gasteiger partial charge in [-0.1, -0.05) is 24.0 Å². The van der Waals surface area contributed by atoms with E-state index in [0.717, 1.165) is 17.5 Å². The van der Waals surface area contributed by atoms with E-state index in [9.17, 15) is 9.90 Å². The summed E-state index contributed by atoms with van der Waals surface area (Å²) in [6, 6.07) is 14.7. The van der Waals surface area contributed by atoms with Gasteiger partial charge in [0.05, 0.1) is 37.8 Å². The molecule has 0 amide bonds.